The van der Waals surface area contributed by atoms with Gasteiger partial charge in [0.2, 0.25) is 5.91 Å². The molecule has 1 aromatic rings. The standard InChI is InChI=1S/C11H12BrNO2S/c12-9-3-1-8(16-9)2-4-10(15)13-11(7-14)5-6-11/h1-4,14H,5-7H2,(H,13,15)/b4-2+. The summed E-state index contributed by atoms with van der Waals surface area (Å²) in [4.78, 5) is 12.5. The second-order valence-electron chi connectivity index (χ2n) is 3.90. The molecule has 0 atom stereocenters. The van der Waals surface area contributed by atoms with Gasteiger partial charge in [-0.3, -0.25) is 4.79 Å². The molecule has 0 aromatic carbocycles. The third kappa shape index (κ3) is 2.93. The zero-order valence-electron chi connectivity index (χ0n) is 8.57. The Morgan fingerprint density at radius 2 is 2.38 bits per heavy atom. The molecule has 1 heterocycles. The number of hydrogen-bond acceptors (Lipinski definition) is 3. The molecule has 0 unspecified atom stereocenters. The first kappa shape index (κ1) is 11.8. The van der Waals surface area contributed by atoms with Gasteiger partial charge in [0, 0.05) is 11.0 Å². The van der Waals surface area contributed by atoms with Crippen molar-refractivity contribution in [2.75, 3.05) is 6.61 Å². The Hall–Kier alpha value is -0.650. The molecule has 0 bridgehead atoms. The Balaban J connectivity index is 1.90. The van der Waals surface area contributed by atoms with Crippen molar-refractivity contribution in [2.45, 2.75) is 18.4 Å². The molecular formula is C11H12BrNO2S. The van der Waals surface area contributed by atoms with Crippen LogP contribution in [0.3, 0.4) is 0 Å². The van der Waals surface area contributed by atoms with E-state index in [2.05, 4.69) is 21.2 Å². The highest BCUT2D eigenvalue weighted by molar-refractivity contribution is 9.11. The summed E-state index contributed by atoms with van der Waals surface area (Å²) in [6, 6.07) is 3.88. The van der Waals surface area contributed by atoms with Crippen LogP contribution in [0.2, 0.25) is 0 Å². The molecular weight excluding hydrogens is 290 g/mol. The number of carbonyl (C=O) groups excluding carboxylic acids is 1. The van der Waals surface area contributed by atoms with Crippen LogP contribution in [0.1, 0.15) is 17.7 Å². The van der Waals surface area contributed by atoms with Gasteiger partial charge >= 0.3 is 0 Å². The molecule has 2 rings (SSSR count). The lowest BCUT2D eigenvalue weighted by Crippen LogP contribution is -2.38. The van der Waals surface area contributed by atoms with Crippen molar-refractivity contribution in [3.8, 4) is 0 Å². The Kier molecular flexibility index (Phi) is 3.47. The second kappa shape index (κ2) is 4.69. The topological polar surface area (TPSA) is 49.3 Å². The lowest BCUT2D eigenvalue weighted by atomic mass is 10.3. The van der Waals surface area contributed by atoms with Crippen LogP contribution in [0.15, 0.2) is 22.0 Å². The van der Waals surface area contributed by atoms with Crippen molar-refractivity contribution >= 4 is 39.2 Å². The van der Waals surface area contributed by atoms with Gasteiger partial charge in [-0.05, 0) is 47.0 Å². The van der Waals surface area contributed by atoms with Gasteiger partial charge in [0.25, 0.3) is 0 Å². The molecule has 0 saturated heterocycles. The molecule has 3 nitrogen and oxygen atoms in total. The summed E-state index contributed by atoms with van der Waals surface area (Å²) in [5.41, 5.74) is -0.336. The third-order valence-corrected chi connectivity index (χ3v) is 4.13. The molecule has 1 aliphatic rings. The van der Waals surface area contributed by atoms with Crippen molar-refractivity contribution in [3.05, 3.63) is 26.9 Å². The minimum absolute atomic E-state index is 0.0249. The average Bonchev–Trinajstić information content (AvgIpc) is 2.91. The zero-order valence-corrected chi connectivity index (χ0v) is 11.0. The maximum absolute atomic E-state index is 11.5. The molecule has 16 heavy (non-hydrogen) atoms. The highest BCUT2D eigenvalue weighted by Crippen LogP contribution is 2.34. The number of hydrogen-bond donors (Lipinski definition) is 2. The first-order valence-corrected chi connectivity index (χ1v) is 6.61. The lowest BCUT2D eigenvalue weighted by Gasteiger charge is -2.11. The molecule has 1 fully saturated rings. The van der Waals surface area contributed by atoms with Gasteiger partial charge in [-0.15, -0.1) is 11.3 Å². The van der Waals surface area contributed by atoms with Gasteiger partial charge in [-0.2, -0.15) is 0 Å². The number of carbonyl (C=O) groups is 1. The molecule has 1 aliphatic carbocycles. The molecule has 2 N–H and O–H groups in total. The van der Waals surface area contributed by atoms with E-state index in [1.54, 1.807) is 17.4 Å². The van der Waals surface area contributed by atoms with Gasteiger partial charge < -0.3 is 10.4 Å². The van der Waals surface area contributed by atoms with Crippen LogP contribution in [-0.2, 0) is 4.79 Å². The van der Waals surface area contributed by atoms with Gasteiger partial charge in [-0.25, -0.2) is 0 Å². The van der Waals surface area contributed by atoms with E-state index in [1.807, 2.05) is 12.1 Å². The Morgan fingerprint density at radius 1 is 1.62 bits per heavy atom. The summed E-state index contributed by atoms with van der Waals surface area (Å²) in [5, 5.41) is 11.9. The highest BCUT2D eigenvalue weighted by atomic mass is 79.9. The molecule has 1 amide bonds. The summed E-state index contributed by atoms with van der Waals surface area (Å²) in [5.74, 6) is -0.143. The SMILES string of the molecule is O=C(/C=C/c1ccc(Br)s1)NC1(CO)CC1. The number of rotatable bonds is 4. The smallest absolute Gasteiger partial charge is 0.244 e. The Bertz CT molecular complexity index is 423. The fourth-order valence-electron chi connectivity index (χ4n) is 1.35. The summed E-state index contributed by atoms with van der Waals surface area (Å²) in [6.07, 6.45) is 5.02. The van der Waals surface area contributed by atoms with Crippen LogP contribution in [0.5, 0.6) is 0 Å². The van der Waals surface area contributed by atoms with Gasteiger partial charge in [0.05, 0.1) is 15.9 Å². The fraction of sp³-hybridized carbons (Fsp3) is 0.364. The monoisotopic (exact) mass is 301 g/mol. The first-order chi connectivity index (χ1) is 7.63. The minimum Gasteiger partial charge on any atom is -0.394 e. The fourth-order valence-corrected chi connectivity index (χ4v) is 2.68. The van der Waals surface area contributed by atoms with Crippen LogP contribution in [0.25, 0.3) is 6.08 Å². The molecule has 0 spiro atoms. The first-order valence-electron chi connectivity index (χ1n) is 5.00. The van der Waals surface area contributed by atoms with Crippen LogP contribution in [-0.4, -0.2) is 23.2 Å². The largest absolute Gasteiger partial charge is 0.394 e. The van der Waals surface area contributed by atoms with Crippen molar-refractivity contribution in [3.63, 3.8) is 0 Å². The Labute approximate surface area is 106 Å². The van der Waals surface area contributed by atoms with Gasteiger partial charge in [0.15, 0.2) is 0 Å². The van der Waals surface area contributed by atoms with Crippen LogP contribution in [0.4, 0.5) is 0 Å². The van der Waals surface area contributed by atoms with E-state index >= 15 is 0 Å². The number of thiophene rings is 1. The lowest BCUT2D eigenvalue weighted by molar-refractivity contribution is -0.117. The second-order valence-corrected chi connectivity index (χ2v) is 6.40. The summed E-state index contributed by atoms with van der Waals surface area (Å²) in [6.45, 7) is 0.0249. The number of halogens is 1. The van der Waals surface area contributed by atoms with Crippen LogP contribution >= 0.6 is 27.3 Å². The van der Waals surface area contributed by atoms with Crippen molar-refractivity contribution in [1.29, 1.82) is 0 Å². The Morgan fingerprint density at radius 3 is 2.88 bits per heavy atom. The summed E-state index contributed by atoms with van der Waals surface area (Å²) >= 11 is 4.93. The van der Waals surface area contributed by atoms with Gasteiger partial charge in [-0.1, -0.05) is 0 Å². The molecule has 5 heteroatoms. The van der Waals surface area contributed by atoms with Crippen molar-refractivity contribution in [1.82, 2.24) is 5.32 Å². The van der Waals surface area contributed by atoms with E-state index < -0.39 is 0 Å². The maximum Gasteiger partial charge on any atom is 0.244 e. The van der Waals surface area contributed by atoms with E-state index in [0.29, 0.717) is 0 Å². The van der Waals surface area contributed by atoms with E-state index in [4.69, 9.17) is 5.11 Å². The number of nitrogens with one attached hydrogen (secondary N) is 1. The maximum atomic E-state index is 11.5. The normalized spacial score (nSPS) is 17.6. The predicted molar refractivity (Wildman–Crippen MR) is 68.2 cm³/mol. The molecule has 1 saturated carbocycles. The molecule has 0 radical (unpaired) electrons. The van der Waals surface area contributed by atoms with E-state index in [-0.39, 0.29) is 18.1 Å². The third-order valence-electron chi connectivity index (χ3n) is 2.54. The van der Waals surface area contributed by atoms with Crippen LogP contribution < -0.4 is 5.32 Å². The summed E-state index contributed by atoms with van der Waals surface area (Å²) < 4.78 is 1.04. The van der Waals surface area contributed by atoms with E-state index in [1.165, 1.54) is 6.08 Å². The summed E-state index contributed by atoms with van der Waals surface area (Å²) in [7, 11) is 0. The molecule has 86 valence electrons. The predicted octanol–water partition coefficient (Wildman–Crippen LogP) is 2.16. The zero-order chi connectivity index (χ0) is 11.6. The van der Waals surface area contributed by atoms with Crippen molar-refractivity contribution < 1.29 is 9.90 Å². The average molecular weight is 302 g/mol. The van der Waals surface area contributed by atoms with E-state index in [0.717, 1.165) is 21.5 Å². The molecule has 1 aromatic heterocycles. The minimum atomic E-state index is -0.336. The number of aliphatic hydroxyl groups is 1. The van der Waals surface area contributed by atoms with Crippen molar-refractivity contribution in [2.24, 2.45) is 0 Å². The quantitative estimate of drug-likeness (QED) is 0.838. The van der Waals surface area contributed by atoms with E-state index in [9.17, 15) is 4.79 Å². The van der Waals surface area contributed by atoms with Crippen LogP contribution in [0, 0.1) is 0 Å². The number of amides is 1. The molecule has 0 aliphatic heterocycles. The highest BCUT2D eigenvalue weighted by Gasteiger charge is 2.42. The van der Waals surface area contributed by atoms with Gasteiger partial charge in [0.1, 0.15) is 0 Å². The number of aliphatic hydroxyl groups excluding tert-OH is 1.